The van der Waals surface area contributed by atoms with Crippen LogP contribution in [0.1, 0.15) is 10.4 Å². The Bertz CT molecular complexity index is 873. The Hall–Kier alpha value is -2.23. The topological polar surface area (TPSA) is 38.3 Å². The van der Waals surface area contributed by atoms with Gasteiger partial charge in [0, 0.05) is 32.1 Å². The Morgan fingerprint density at radius 3 is 2.26 bits per heavy atom. The van der Waals surface area contributed by atoms with Crippen molar-refractivity contribution in [3.05, 3.63) is 70.2 Å². The first-order valence-corrected chi connectivity index (χ1v) is 7.67. The third-order valence-corrected chi connectivity index (χ3v) is 3.91. The molecule has 3 aromatic rings. The molecule has 3 rings (SSSR count). The third kappa shape index (κ3) is 3.26. The average Bonchev–Trinajstić information content (AvgIpc) is 2.54. The number of hydrogen-bond acceptors (Lipinski definition) is 2. The standard InChI is InChI=1S/C18H13Cl2NO2/c1-23-17-7-6-16(14-4-2-3-5-15(14)17)21-18(22)11-8-12(19)10-13(20)9-11/h2-10H,1H3,(H,21,22). The summed E-state index contributed by atoms with van der Waals surface area (Å²) >= 11 is 11.9. The Balaban J connectivity index is 2.00. The van der Waals surface area contributed by atoms with Gasteiger partial charge >= 0.3 is 0 Å². The summed E-state index contributed by atoms with van der Waals surface area (Å²) in [5.74, 6) is 0.481. The van der Waals surface area contributed by atoms with E-state index in [-0.39, 0.29) is 5.91 Å². The van der Waals surface area contributed by atoms with Gasteiger partial charge in [0.25, 0.3) is 5.91 Å². The molecule has 0 aliphatic carbocycles. The zero-order valence-electron chi connectivity index (χ0n) is 12.3. The van der Waals surface area contributed by atoms with Gasteiger partial charge in [0.2, 0.25) is 0 Å². The van der Waals surface area contributed by atoms with Crippen LogP contribution in [-0.4, -0.2) is 13.0 Å². The van der Waals surface area contributed by atoms with Crippen LogP contribution >= 0.6 is 23.2 Å². The van der Waals surface area contributed by atoms with Crippen molar-refractivity contribution in [3.63, 3.8) is 0 Å². The average molecular weight is 346 g/mol. The van der Waals surface area contributed by atoms with Gasteiger partial charge in [0.1, 0.15) is 5.75 Å². The van der Waals surface area contributed by atoms with Gasteiger partial charge in [-0.1, -0.05) is 47.5 Å². The molecule has 1 amide bonds. The fourth-order valence-corrected chi connectivity index (χ4v) is 2.96. The SMILES string of the molecule is COc1ccc(NC(=O)c2cc(Cl)cc(Cl)c2)c2ccccc12. The number of benzene rings is 3. The number of carbonyl (C=O) groups excluding carboxylic acids is 1. The molecule has 0 aromatic heterocycles. The van der Waals surface area contributed by atoms with Gasteiger partial charge in [-0.3, -0.25) is 4.79 Å². The van der Waals surface area contributed by atoms with E-state index in [1.54, 1.807) is 25.3 Å². The van der Waals surface area contributed by atoms with Crippen molar-refractivity contribution in [2.24, 2.45) is 0 Å². The first-order valence-electron chi connectivity index (χ1n) is 6.91. The molecule has 116 valence electrons. The summed E-state index contributed by atoms with van der Waals surface area (Å²) < 4.78 is 5.36. The summed E-state index contributed by atoms with van der Waals surface area (Å²) in [6.45, 7) is 0. The van der Waals surface area contributed by atoms with E-state index in [1.807, 2.05) is 36.4 Å². The Morgan fingerprint density at radius 2 is 1.61 bits per heavy atom. The van der Waals surface area contributed by atoms with Gasteiger partial charge in [0.05, 0.1) is 7.11 Å². The highest BCUT2D eigenvalue weighted by molar-refractivity contribution is 6.35. The molecule has 0 atom stereocenters. The molecule has 3 aromatic carbocycles. The molecular formula is C18H13Cl2NO2. The van der Waals surface area contributed by atoms with Crippen molar-refractivity contribution >= 4 is 45.6 Å². The Kier molecular flexibility index (Phi) is 4.42. The van der Waals surface area contributed by atoms with Crippen molar-refractivity contribution < 1.29 is 9.53 Å². The minimum absolute atomic E-state index is 0.273. The van der Waals surface area contributed by atoms with E-state index in [1.165, 1.54) is 0 Å². The fourth-order valence-electron chi connectivity index (χ4n) is 2.44. The quantitative estimate of drug-likeness (QED) is 0.689. The molecule has 0 unspecified atom stereocenters. The van der Waals surface area contributed by atoms with Crippen LogP contribution in [0.4, 0.5) is 5.69 Å². The van der Waals surface area contributed by atoms with Gasteiger partial charge in [-0.05, 0) is 30.3 Å². The summed E-state index contributed by atoms with van der Waals surface area (Å²) in [4.78, 5) is 12.5. The maximum absolute atomic E-state index is 12.5. The molecule has 0 heterocycles. The minimum Gasteiger partial charge on any atom is -0.496 e. The lowest BCUT2D eigenvalue weighted by Gasteiger charge is -2.12. The molecule has 0 spiro atoms. The van der Waals surface area contributed by atoms with Gasteiger partial charge in [-0.15, -0.1) is 0 Å². The van der Waals surface area contributed by atoms with Gasteiger partial charge < -0.3 is 10.1 Å². The number of hydrogen-bond donors (Lipinski definition) is 1. The van der Waals surface area contributed by atoms with E-state index in [9.17, 15) is 4.79 Å². The zero-order chi connectivity index (χ0) is 16.4. The monoisotopic (exact) mass is 345 g/mol. The first-order chi connectivity index (χ1) is 11.1. The predicted octanol–water partition coefficient (Wildman–Crippen LogP) is 5.41. The lowest BCUT2D eigenvalue weighted by atomic mass is 10.1. The highest BCUT2D eigenvalue weighted by atomic mass is 35.5. The normalized spacial score (nSPS) is 10.6. The highest BCUT2D eigenvalue weighted by Crippen LogP contribution is 2.31. The van der Waals surface area contributed by atoms with Crippen molar-refractivity contribution in [1.29, 1.82) is 0 Å². The molecule has 0 aliphatic heterocycles. The number of anilines is 1. The minimum atomic E-state index is -0.273. The molecule has 0 fully saturated rings. The van der Waals surface area contributed by atoms with Gasteiger partial charge in [-0.25, -0.2) is 0 Å². The number of ether oxygens (including phenoxy) is 1. The molecule has 23 heavy (non-hydrogen) atoms. The number of fused-ring (bicyclic) bond motifs is 1. The van der Waals surface area contributed by atoms with E-state index >= 15 is 0 Å². The van der Waals surface area contributed by atoms with Crippen LogP contribution < -0.4 is 10.1 Å². The lowest BCUT2D eigenvalue weighted by Crippen LogP contribution is -2.12. The predicted molar refractivity (Wildman–Crippen MR) is 94.9 cm³/mol. The third-order valence-electron chi connectivity index (χ3n) is 3.48. The summed E-state index contributed by atoms with van der Waals surface area (Å²) in [5, 5.41) is 5.56. The molecule has 5 heteroatoms. The number of rotatable bonds is 3. The molecule has 1 N–H and O–H groups in total. The van der Waals surface area contributed by atoms with Gasteiger partial charge in [-0.2, -0.15) is 0 Å². The van der Waals surface area contributed by atoms with Crippen LogP contribution in [0.2, 0.25) is 10.0 Å². The van der Waals surface area contributed by atoms with Crippen LogP contribution in [-0.2, 0) is 0 Å². The first kappa shape index (κ1) is 15.7. The van der Waals surface area contributed by atoms with Crippen LogP contribution in [0.15, 0.2) is 54.6 Å². The number of halogens is 2. The summed E-state index contributed by atoms with van der Waals surface area (Å²) in [6, 6.07) is 16.1. The second-order valence-electron chi connectivity index (χ2n) is 4.97. The molecule has 0 aliphatic rings. The summed E-state index contributed by atoms with van der Waals surface area (Å²) in [7, 11) is 1.62. The van der Waals surface area contributed by atoms with Crippen LogP contribution in [0.5, 0.6) is 5.75 Å². The van der Waals surface area contributed by atoms with Crippen molar-refractivity contribution in [2.45, 2.75) is 0 Å². The van der Waals surface area contributed by atoms with Crippen LogP contribution in [0.3, 0.4) is 0 Å². The lowest BCUT2D eigenvalue weighted by molar-refractivity contribution is 0.102. The number of amides is 1. The summed E-state index contributed by atoms with van der Waals surface area (Å²) in [6.07, 6.45) is 0. The molecular weight excluding hydrogens is 333 g/mol. The molecule has 3 nitrogen and oxygen atoms in total. The maximum Gasteiger partial charge on any atom is 0.255 e. The van der Waals surface area contributed by atoms with E-state index in [4.69, 9.17) is 27.9 Å². The molecule has 0 radical (unpaired) electrons. The Morgan fingerprint density at radius 1 is 0.957 bits per heavy atom. The van der Waals surface area contributed by atoms with E-state index in [2.05, 4.69) is 5.32 Å². The summed E-state index contributed by atoms with van der Waals surface area (Å²) in [5.41, 5.74) is 1.10. The number of methoxy groups -OCH3 is 1. The highest BCUT2D eigenvalue weighted by Gasteiger charge is 2.12. The van der Waals surface area contributed by atoms with Crippen LogP contribution in [0.25, 0.3) is 10.8 Å². The van der Waals surface area contributed by atoms with E-state index in [0.29, 0.717) is 21.3 Å². The second kappa shape index (κ2) is 6.49. The van der Waals surface area contributed by atoms with Crippen molar-refractivity contribution in [1.82, 2.24) is 0 Å². The maximum atomic E-state index is 12.5. The largest absolute Gasteiger partial charge is 0.496 e. The zero-order valence-corrected chi connectivity index (χ0v) is 13.8. The van der Waals surface area contributed by atoms with Crippen molar-refractivity contribution in [3.8, 4) is 5.75 Å². The number of nitrogens with one attached hydrogen (secondary N) is 1. The second-order valence-corrected chi connectivity index (χ2v) is 5.85. The van der Waals surface area contributed by atoms with Crippen molar-refractivity contribution in [2.75, 3.05) is 12.4 Å². The van der Waals surface area contributed by atoms with Crippen LogP contribution in [0, 0.1) is 0 Å². The Labute approximate surface area is 143 Å². The molecule has 0 bridgehead atoms. The van der Waals surface area contributed by atoms with Gasteiger partial charge in [0.15, 0.2) is 0 Å². The van der Waals surface area contributed by atoms with E-state index < -0.39 is 0 Å². The smallest absolute Gasteiger partial charge is 0.255 e. The molecule has 0 saturated heterocycles. The molecule has 0 saturated carbocycles. The number of carbonyl (C=O) groups is 1. The van der Waals surface area contributed by atoms with E-state index in [0.717, 1.165) is 16.5 Å². The fraction of sp³-hybridized carbons (Fsp3) is 0.0556.